The van der Waals surface area contributed by atoms with Crippen molar-refractivity contribution < 1.29 is 9.59 Å². The Morgan fingerprint density at radius 3 is 2.41 bits per heavy atom. The van der Waals surface area contributed by atoms with Crippen LogP contribution in [0.15, 0.2) is 30.5 Å². The number of H-pyrrole nitrogens is 1. The van der Waals surface area contributed by atoms with Crippen LogP contribution >= 0.6 is 0 Å². The molecule has 2 amide bonds. The summed E-state index contributed by atoms with van der Waals surface area (Å²) in [5, 5.41) is 1.12. The summed E-state index contributed by atoms with van der Waals surface area (Å²) < 4.78 is 0. The van der Waals surface area contributed by atoms with Gasteiger partial charge in [-0.25, -0.2) is 0 Å². The van der Waals surface area contributed by atoms with Crippen molar-refractivity contribution in [3.8, 4) is 0 Å². The summed E-state index contributed by atoms with van der Waals surface area (Å²) in [4.78, 5) is 32.7. The second-order valence-electron chi connectivity index (χ2n) is 8.20. The van der Waals surface area contributed by atoms with Gasteiger partial charge in [-0.15, -0.1) is 0 Å². The summed E-state index contributed by atoms with van der Waals surface area (Å²) in [6, 6.07) is 8.08. The van der Waals surface area contributed by atoms with Gasteiger partial charge in [0, 0.05) is 49.2 Å². The Hall–Kier alpha value is -2.30. The zero-order valence-electron chi connectivity index (χ0n) is 16.1. The number of carbonyl (C=O) groups is 2. The van der Waals surface area contributed by atoms with E-state index in [1.165, 1.54) is 0 Å². The third-order valence-corrected chi connectivity index (χ3v) is 6.31. The standard InChI is InChI=1S/C22H29N3O2/c1-16-6-10-25(11-7-16)22(27)17-8-12-24(13-9-17)21(26)14-18-15-23-20-5-3-2-4-19(18)20/h2-5,15-17,23H,6-14H2,1H3. The van der Waals surface area contributed by atoms with Crippen LogP contribution in [-0.2, 0) is 16.0 Å². The Labute approximate surface area is 160 Å². The molecule has 5 heteroatoms. The van der Waals surface area contributed by atoms with E-state index >= 15 is 0 Å². The van der Waals surface area contributed by atoms with Gasteiger partial charge in [0.15, 0.2) is 0 Å². The molecular formula is C22H29N3O2. The maximum atomic E-state index is 12.8. The number of carbonyl (C=O) groups excluding carboxylic acids is 2. The highest BCUT2D eigenvalue weighted by molar-refractivity contribution is 5.89. The van der Waals surface area contributed by atoms with Gasteiger partial charge in [0.2, 0.25) is 11.8 Å². The average Bonchev–Trinajstić information content (AvgIpc) is 3.11. The third kappa shape index (κ3) is 3.87. The fourth-order valence-corrected chi connectivity index (χ4v) is 4.42. The highest BCUT2D eigenvalue weighted by Gasteiger charge is 2.31. The van der Waals surface area contributed by atoms with Gasteiger partial charge in [0.05, 0.1) is 6.42 Å². The van der Waals surface area contributed by atoms with Crippen molar-refractivity contribution in [3.05, 3.63) is 36.0 Å². The summed E-state index contributed by atoms with van der Waals surface area (Å²) in [5.74, 6) is 1.30. The van der Waals surface area contributed by atoms with Gasteiger partial charge in [-0.05, 0) is 43.2 Å². The highest BCUT2D eigenvalue weighted by Crippen LogP contribution is 2.25. The molecule has 0 bridgehead atoms. The first-order valence-corrected chi connectivity index (χ1v) is 10.2. The smallest absolute Gasteiger partial charge is 0.227 e. The number of aromatic nitrogens is 1. The number of rotatable bonds is 3. The van der Waals surface area contributed by atoms with E-state index in [1.807, 2.05) is 34.2 Å². The number of hydrogen-bond donors (Lipinski definition) is 1. The second kappa shape index (κ2) is 7.75. The minimum Gasteiger partial charge on any atom is -0.361 e. The number of nitrogens with zero attached hydrogens (tertiary/aromatic N) is 2. The molecule has 1 aromatic carbocycles. The van der Waals surface area contributed by atoms with Crippen LogP contribution in [0.25, 0.3) is 10.9 Å². The molecular weight excluding hydrogens is 338 g/mol. The Morgan fingerprint density at radius 1 is 1.00 bits per heavy atom. The van der Waals surface area contributed by atoms with E-state index in [4.69, 9.17) is 0 Å². The van der Waals surface area contributed by atoms with Gasteiger partial charge >= 0.3 is 0 Å². The van der Waals surface area contributed by atoms with Crippen LogP contribution in [0.4, 0.5) is 0 Å². The molecule has 5 nitrogen and oxygen atoms in total. The minimum atomic E-state index is 0.0931. The topological polar surface area (TPSA) is 56.4 Å². The van der Waals surface area contributed by atoms with Gasteiger partial charge < -0.3 is 14.8 Å². The normalized spacial score (nSPS) is 19.6. The number of amides is 2. The van der Waals surface area contributed by atoms with Crippen LogP contribution in [0.2, 0.25) is 0 Å². The van der Waals surface area contributed by atoms with Crippen LogP contribution in [0.1, 0.15) is 38.2 Å². The van der Waals surface area contributed by atoms with Crippen LogP contribution in [0.5, 0.6) is 0 Å². The van der Waals surface area contributed by atoms with E-state index in [0.29, 0.717) is 25.4 Å². The monoisotopic (exact) mass is 367 g/mol. The summed E-state index contributed by atoms with van der Waals surface area (Å²) in [7, 11) is 0. The van der Waals surface area contributed by atoms with Crippen molar-refractivity contribution >= 4 is 22.7 Å². The molecule has 144 valence electrons. The molecule has 2 aromatic rings. The Morgan fingerprint density at radius 2 is 1.67 bits per heavy atom. The highest BCUT2D eigenvalue weighted by atomic mass is 16.2. The first kappa shape index (κ1) is 18.1. The first-order valence-electron chi connectivity index (χ1n) is 10.2. The molecule has 0 saturated carbocycles. The number of hydrogen-bond acceptors (Lipinski definition) is 2. The lowest BCUT2D eigenvalue weighted by atomic mass is 9.92. The molecule has 0 atom stereocenters. The Kier molecular flexibility index (Phi) is 5.19. The van der Waals surface area contributed by atoms with Crippen molar-refractivity contribution in [1.29, 1.82) is 0 Å². The summed E-state index contributed by atoms with van der Waals surface area (Å²) >= 11 is 0. The number of para-hydroxylation sites is 1. The van der Waals surface area contributed by atoms with Gasteiger partial charge in [0.25, 0.3) is 0 Å². The molecule has 2 aliphatic heterocycles. The van der Waals surface area contributed by atoms with Crippen molar-refractivity contribution in [2.45, 2.75) is 39.0 Å². The summed E-state index contributed by atoms with van der Waals surface area (Å²) in [6.45, 7) is 5.46. The van der Waals surface area contributed by atoms with Crippen LogP contribution < -0.4 is 0 Å². The number of aromatic amines is 1. The second-order valence-corrected chi connectivity index (χ2v) is 8.20. The first-order chi connectivity index (χ1) is 13.1. The van der Waals surface area contributed by atoms with E-state index in [2.05, 4.69) is 18.0 Å². The minimum absolute atomic E-state index is 0.0931. The van der Waals surface area contributed by atoms with Gasteiger partial charge in [-0.3, -0.25) is 9.59 Å². The lowest BCUT2D eigenvalue weighted by Crippen LogP contribution is -2.46. The molecule has 2 aliphatic rings. The molecule has 0 aliphatic carbocycles. The SMILES string of the molecule is CC1CCN(C(=O)C2CCN(C(=O)Cc3c[nH]c4ccccc34)CC2)CC1. The molecule has 3 heterocycles. The van der Waals surface area contributed by atoms with E-state index in [1.54, 1.807) is 0 Å². The number of piperidine rings is 2. The predicted octanol–water partition coefficient (Wildman–Crippen LogP) is 3.21. The predicted molar refractivity (Wildman–Crippen MR) is 106 cm³/mol. The zero-order chi connectivity index (χ0) is 18.8. The van der Waals surface area contributed by atoms with Crippen LogP contribution in [0.3, 0.4) is 0 Å². The third-order valence-electron chi connectivity index (χ3n) is 6.31. The maximum absolute atomic E-state index is 12.8. The fraction of sp³-hybridized carbons (Fsp3) is 0.545. The molecule has 0 spiro atoms. The van der Waals surface area contributed by atoms with Crippen molar-refractivity contribution in [3.63, 3.8) is 0 Å². The van der Waals surface area contributed by atoms with E-state index in [9.17, 15) is 9.59 Å². The number of likely N-dealkylation sites (tertiary alicyclic amines) is 2. The number of fused-ring (bicyclic) bond motifs is 1. The van der Waals surface area contributed by atoms with E-state index in [0.717, 1.165) is 61.2 Å². The van der Waals surface area contributed by atoms with Crippen molar-refractivity contribution in [1.82, 2.24) is 14.8 Å². The Balaban J connectivity index is 1.31. The van der Waals surface area contributed by atoms with Gasteiger partial charge in [-0.1, -0.05) is 25.1 Å². The van der Waals surface area contributed by atoms with E-state index < -0.39 is 0 Å². The lowest BCUT2D eigenvalue weighted by Gasteiger charge is -2.36. The summed E-state index contributed by atoms with van der Waals surface area (Å²) in [6.07, 6.45) is 6.19. The van der Waals surface area contributed by atoms with Crippen LogP contribution in [0, 0.1) is 11.8 Å². The fourth-order valence-electron chi connectivity index (χ4n) is 4.42. The quantitative estimate of drug-likeness (QED) is 0.906. The van der Waals surface area contributed by atoms with E-state index in [-0.39, 0.29) is 11.8 Å². The zero-order valence-corrected chi connectivity index (χ0v) is 16.1. The maximum Gasteiger partial charge on any atom is 0.227 e. The average molecular weight is 367 g/mol. The lowest BCUT2D eigenvalue weighted by molar-refractivity contribution is -0.141. The molecule has 27 heavy (non-hydrogen) atoms. The largest absolute Gasteiger partial charge is 0.361 e. The van der Waals surface area contributed by atoms with Gasteiger partial charge in [0.1, 0.15) is 0 Å². The number of benzene rings is 1. The molecule has 2 saturated heterocycles. The molecule has 1 N–H and O–H groups in total. The molecule has 2 fully saturated rings. The van der Waals surface area contributed by atoms with Crippen molar-refractivity contribution in [2.24, 2.45) is 11.8 Å². The molecule has 0 radical (unpaired) electrons. The molecule has 1 aromatic heterocycles. The van der Waals surface area contributed by atoms with Crippen LogP contribution in [-0.4, -0.2) is 52.8 Å². The Bertz CT molecular complexity index is 812. The number of nitrogens with one attached hydrogen (secondary N) is 1. The summed E-state index contributed by atoms with van der Waals surface area (Å²) in [5.41, 5.74) is 2.12. The van der Waals surface area contributed by atoms with Crippen molar-refractivity contribution in [2.75, 3.05) is 26.2 Å². The molecule has 4 rings (SSSR count). The van der Waals surface area contributed by atoms with Gasteiger partial charge in [-0.2, -0.15) is 0 Å². The molecule has 0 unspecified atom stereocenters.